The summed E-state index contributed by atoms with van der Waals surface area (Å²) in [4.78, 5) is 19.5. The molecule has 0 saturated carbocycles. The molecule has 0 spiro atoms. The van der Waals surface area contributed by atoms with Gasteiger partial charge in [0.05, 0.1) is 17.6 Å². The van der Waals surface area contributed by atoms with E-state index in [0.29, 0.717) is 25.4 Å². The van der Waals surface area contributed by atoms with Crippen LogP contribution in [-0.2, 0) is 11.3 Å². The number of hydrogen-bond acceptors (Lipinski definition) is 4. The third-order valence-corrected chi connectivity index (χ3v) is 5.00. The van der Waals surface area contributed by atoms with E-state index in [1.165, 1.54) is 0 Å². The molecule has 29 heavy (non-hydrogen) atoms. The predicted molar refractivity (Wildman–Crippen MR) is 117 cm³/mol. The Morgan fingerprint density at radius 1 is 1.07 bits per heavy atom. The third kappa shape index (κ3) is 5.81. The molecule has 1 heterocycles. The summed E-state index contributed by atoms with van der Waals surface area (Å²) < 4.78 is 7.76. The van der Waals surface area contributed by atoms with Crippen LogP contribution in [0.3, 0.4) is 0 Å². The SMILES string of the molecule is CCN(CC)CCn1c(NC(=O)CCCOc2ccccc2)nc2ccccc21. The van der Waals surface area contributed by atoms with Crippen LogP contribution >= 0.6 is 0 Å². The number of aromatic nitrogens is 2. The highest BCUT2D eigenvalue weighted by atomic mass is 16.5. The smallest absolute Gasteiger partial charge is 0.226 e. The van der Waals surface area contributed by atoms with Gasteiger partial charge in [0.2, 0.25) is 11.9 Å². The number of rotatable bonds is 11. The molecular formula is C23H30N4O2. The zero-order valence-electron chi connectivity index (χ0n) is 17.3. The summed E-state index contributed by atoms with van der Waals surface area (Å²) in [5.74, 6) is 1.40. The van der Waals surface area contributed by atoms with Gasteiger partial charge in [-0.2, -0.15) is 0 Å². The Morgan fingerprint density at radius 3 is 2.55 bits per heavy atom. The molecule has 0 radical (unpaired) electrons. The quantitative estimate of drug-likeness (QED) is 0.496. The number of hydrogen-bond donors (Lipinski definition) is 1. The second-order valence-corrected chi connectivity index (χ2v) is 6.92. The van der Waals surface area contributed by atoms with E-state index in [4.69, 9.17) is 4.74 Å². The van der Waals surface area contributed by atoms with Crippen LogP contribution in [0.15, 0.2) is 54.6 Å². The van der Waals surface area contributed by atoms with E-state index in [2.05, 4.69) is 33.6 Å². The van der Waals surface area contributed by atoms with E-state index in [-0.39, 0.29) is 5.91 Å². The lowest BCUT2D eigenvalue weighted by Crippen LogP contribution is -2.27. The Kier molecular flexibility index (Phi) is 7.64. The highest BCUT2D eigenvalue weighted by molar-refractivity contribution is 5.91. The van der Waals surface area contributed by atoms with Crippen molar-refractivity contribution in [1.82, 2.24) is 14.5 Å². The van der Waals surface area contributed by atoms with Gasteiger partial charge < -0.3 is 14.2 Å². The molecule has 2 aromatic carbocycles. The van der Waals surface area contributed by atoms with E-state index in [1.54, 1.807) is 0 Å². The number of likely N-dealkylation sites (N-methyl/N-ethyl adjacent to an activating group) is 1. The lowest BCUT2D eigenvalue weighted by molar-refractivity contribution is -0.116. The first-order chi connectivity index (χ1) is 14.2. The molecule has 6 heteroatoms. The Balaban J connectivity index is 1.59. The molecule has 3 aromatic rings. The van der Waals surface area contributed by atoms with Crippen molar-refractivity contribution in [3.8, 4) is 5.75 Å². The van der Waals surface area contributed by atoms with Crippen LogP contribution in [0.25, 0.3) is 11.0 Å². The van der Waals surface area contributed by atoms with Gasteiger partial charge in [-0.1, -0.05) is 44.2 Å². The minimum atomic E-state index is -0.0407. The molecule has 1 amide bonds. The number of nitrogens with one attached hydrogen (secondary N) is 1. The Hall–Kier alpha value is -2.86. The maximum absolute atomic E-state index is 12.5. The number of ether oxygens (including phenoxy) is 1. The van der Waals surface area contributed by atoms with Crippen LogP contribution < -0.4 is 10.1 Å². The van der Waals surface area contributed by atoms with Crippen LogP contribution in [0.4, 0.5) is 5.95 Å². The van der Waals surface area contributed by atoms with Crippen molar-refractivity contribution in [3.63, 3.8) is 0 Å². The molecule has 3 rings (SSSR count). The van der Waals surface area contributed by atoms with Gasteiger partial charge in [0.1, 0.15) is 5.75 Å². The van der Waals surface area contributed by atoms with Gasteiger partial charge in [0, 0.05) is 19.5 Å². The van der Waals surface area contributed by atoms with Crippen LogP contribution in [0.2, 0.25) is 0 Å². The molecule has 0 aliphatic rings. The third-order valence-electron chi connectivity index (χ3n) is 5.00. The minimum absolute atomic E-state index is 0.0407. The fourth-order valence-corrected chi connectivity index (χ4v) is 3.31. The van der Waals surface area contributed by atoms with Crippen molar-refractivity contribution in [2.75, 3.05) is 31.6 Å². The van der Waals surface area contributed by atoms with E-state index in [1.807, 2.05) is 54.6 Å². The number of imidazole rings is 1. The van der Waals surface area contributed by atoms with Crippen molar-refractivity contribution >= 4 is 22.9 Å². The number of carbonyl (C=O) groups excluding carboxylic acids is 1. The highest BCUT2D eigenvalue weighted by Crippen LogP contribution is 2.20. The maximum atomic E-state index is 12.5. The number of carbonyl (C=O) groups is 1. The van der Waals surface area contributed by atoms with Gasteiger partial charge in [-0.25, -0.2) is 4.98 Å². The summed E-state index contributed by atoms with van der Waals surface area (Å²) in [6, 6.07) is 17.7. The average molecular weight is 395 g/mol. The van der Waals surface area contributed by atoms with E-state index >= 15 is 0 Å². The molecule has 1 aromatic heterocycles. The number of nitrogens with zero attached hydrogens (tertiary/aromatic N) is 3. The summed E-state index contributed by atoms with van der Waals surface area (Å²) in [5.41, 5.74) is 1.94. The molecule has 0 fully saturated rings. The first-order valence-electron chi connectivity index (χ1n) is 10.4. The van der Waals surface area contributed by atoms with Gasteiger partial charge in [0.15, 0.2) is 0 Å². The Morgan fingerprint density at radius 2 is 1.79 bits per heavy atom. The van der Waals surface area contributed by atoms with Crippen molar-refractivity contribution in [3.05, 3.63) is 54.6 Å². The van der Waals surface area contributed by atoms with E-state index in [0.717, 1.165) is 43.0 Å². The number of amides is 1. The molecular weight excluding hydrogens is 364 g/mol. The first-order valence-corrected chi connectivity index (χ1v) is 10.4. The summed E-state index contributed by atoms with van der Waals surface area (Å²) in [5, 5.41) is 3.00. The van der Waals surface area contributed by atoms with Crippen LogP contribution in [0.5, 0.6) is 5.75 Å². The van der Waals surface area contributed by atoms with Gasteiger partial charge >= 0.3 is 0 Å². The van der Waals surface area contributed by atoms with Crippen molar-refractivity contribution in [2.45, 2.75) is 33.2 Å². The molecule has 0 aliphatic carbocycles. The van der Waals surface area contributed by atoms with Gasteiger partial charge in [-0.15, -0.1) is 0 Å². The Labute approximate surface area is 172 Å². The van der Waals surface area contributed by atoms with Crippen LogP contribution in [-0.4, -0.2) is 46.6 Å². The average Bonchev–Trinajstić information content (AvgIpc) is 3.10. The fraction of sp³-hybridized carbons (Fsp3) is 0.391. The second kappa shape index (κ2) is 10.6. The Bertz CT molecular complexity index is 904. The van der Waals surface area contributed by atoms with Crippen molar-refractivity contribution < 1.29 is 9.53 Å². The van der Waals surface area contributed by atoms with Gasteiger partial charge in [-0.3, -0.25) is 10.1 Å². The topological polar surface area (TPSA) is 59.4 Å². The van der Waals surface area contributed by atoms with Gasteiger partial charge in [0.25, 0.3) is 0 Å². The number of para-hydroxylation sites is 3. The highest BCUT2D eigenvalue weighted by Gasteiger charge is 2.14. The number of anilines is 1. The van der Waals surface area contributed by atoms with Gasteiger partial charge in [-0.05, 0) is 43.8 Å². The summed E-state index contributed by atoms with van der Waals surface area (Å²) in [6.07, 6.45) is 1.05. The van der Waals surface area contributed by atoms with E-state index < -0.39 is 0 Å². The first kappa shape index (κ1) is 20.9. The van der Waals surface area contributed by atoms with Crippen molar-refractivity contribution in [2.24, 2.45) is 0 Å². The normalized spacial score (nSPS) is 11.1. The predicted octanol–water partition coefficient (Wildman–Crippen LogP) is 4.18. The molecule has 0 atom stereocenters. The lowest BCUT2D eigenvalue weighted by atomic mass is 10.3. The summed E-state index contributed by atoms with van der Waals surface area (Å²) in [6.45, 7) is 8.55. The molecule has 0 aliphatic heterocycles. The van der Waals surface area contributed by atoms with E-state index in [9.17, 15) is 4.79 Å². The molecule has 0 bridgehead atoms. The molecule has 1 N–H and O–H groups in total. The largest absolute Gasteiger partial charge is 0.494 e. The standard InChI is InChI=1S/C23H30N4O2/c1-3-26(4-2)16-17-27-21-14-9-8-13-20(21)24-23(27)25-22(28)15-10-18-29-19-11-6-5-7-12-19/h5-9,11-14H,3-4,10,15-18H2,1-2H3,(H,24,25,28). The summed E-state index contributed by atoms with van der Waals surface area (Å²) >= 11 is 0. The molecule has 6 nitrogen and oxygen atoms in total. The zero-order chi connectivity index (χ0) is 20.5. The molecule has 154 valence electrons. The maximum Gasteiger partial charge on any atom is 0.226 e. The summed E-state index contributed by atoms with van der Waals surface area (Å²) in [7, 11) is 0. The fourth-order valence-electron chi connectivity index (χ4n) is 3.31. The molecule has 0 saturated heterocycles. The second-order valence-electron chi connectivity index (χ2n) is 6.92. The monoisotopic (exact) mass is 394 g/mol. The van der Waals surface area contributed by atoms with Crippen molar-refractivity contribution in [1.29, 1.82) is 0 Å². The number of fused-ring (bicyclic) bond motifs is 1. The lowest BCUT2D eigenvalue weighted by Gasteiger charge is -2.19. The van der Waals surface area contributed by atoms with Crippen LogP contribution in [0, 0.1) is 0 Å². The molecule has 0 unspecified atom stereocenters. The number of benzene rings is 2. The minimum Gasteiger partial charge on any atom is -0.494 e. The van der Waals surface area contributed by atoms with Crippen LogP contribution in [0.1, 0.15) is 26.7 Å². The zero-order valence-corrected chi connectivity index (χ0v) is 17.3.